The van der Waals surface area contributed by atoms with Crippen molar-refractivity contribution in [2.75, 3.05) is 13.2 Å². The van der Waals surface area contributed by atoms with E-state index >= 15 is 0 Å². The summed E-state index contributed by atoms with van der Waals surface area (Å²) < 4.78 is 5.44. The lowest BCUT2D eigenvalue weighted by Gasteiger charge is -2.06. The minimum atomic E-state index is -1.14. The van der Waals surface area contributed by atoms with Crippen LogP contribution >= 0.6 is 0 Å². The predicted molar refractivity (Wildman–Crippen MR) is 67.6 cm³/mol. The minimum Gasteiger partial charge on any atom is -0.494 e. The Morgan fingerprint density at radius 2 is 1.95 bits per heavy atom. The molecule has 0 fully saturated rings. The Kier molecular flexibility index (Phi) is 6.38. The summed E-state index contributed by atoms with van der Waals surface area (Å²) in [4.78, 5) is 25.8. The van der Waals surface area contributed by atoms with Crippen molar-refractivity contribution in [1.29, 1.82) is 0 Å². The molecular formula is C13H17NO5. The van der Waals surface area contributed by atoms with Gasteiger partial charge < -0.3 is 9.84 Å². The molecule has 1 amide bonds. The Morgan fingerprint density at radius 3 is 2.58 bits per heavy atom. The number of carbonyl (C=O) groups is 2. The number of ether oxygens (including phenoxy) is 1. The fraction of sp³-hybridized carbons (Fsp3) is 0.385. The highest BCUT2D eigenvalue weighted by atomic mass is 16.7. The lowest BCUT2D eigenvalue weighted by molar-refractivity contribution is -0.149. The third-order valence-electron chi connectivity index (χ3n) is 2.22. The molecule has 0 aliphatic carbocycles. The Balaban J connectivity index is 2.08. The molecule has 0 saturated carbocycles. The molecule has 1 aromatic carbocycles. The first-order chi connectivity index (χ1) is 9.08. The molecule has 2 N–H and O–H groups in total. The third-order valence-corrected chi connectivity index (χ3v) is 2.22. The van der Waals surface area contributed by atoms with Crippen molar-refractivity contribution in [1.82, 2.24) is 5.48 Å². The number of carboxylic acids is 1. The molecule has 1 aromatic rings. The molecule has 0 spiro atoms. The quantitative estimate of drug-likeness (QED) is 0.547. The summed E-state index contributed by atoms with van der Waals surface area (Å²) >= 11 is 0. The number of aliphatic carboxylic acids is 1. The Hall–Kier alpha value is -2.08. The fourth-order valence-corrected chi connectivity index (χ4v) is 1.29. The lowest BCUT2D eigenvalue weighted by Crippen LogP contribution is -2.26. The second kappa shape index (κ2) is 8.10. The van der Waals surface area contributed by atoms with Gasteiger partial charge in [0, 0.05) is 6.42 Å². The standard InChI is InChI=1S/C13H17NO5/c1-10-4-6-11(7-5-10)18-8-2-3-12(15)14-19-9-13(16)17/h4-7H,2-3,8-9H2,1H3,(H,14,15)(H,16,17). The van der Waals surface area contributed by atoms with Gasteiger partial charge in [-0.05, 0) is 25.5 Å². The second-order valence-corrected chi connectivity index (χ2v) is 3.97. The average molecular weight is 267 g/mol. The third kappa shape index (κ3) is 7.05. The number of hydrogen-bond donors (Lipinski definition) is 2. The van der Waals surface area contributed by atoms with Gasteiger partial charge in [0.1, 0.15) is 5.75 Å². The summed E-state index contributed by atoms with van der Waals surface area (Å²) in [6.07, 6.45) is 0.738. The van der Waals surface area contributed by atoms with Gasteiger partial charge >= 0.3 is 5.97 Å². The first kappa shape index (κ1) is 15.0. The molecule has 0 aromatic heterocycles. The highest BCUT2D eigenvalue weighted by molar-refractivity contribution is 5.75. The number of aryl methyl sites for hydroxylation is 1. The van der Waals surface area contributed by atoms with Crippen molar-refractivity contribution in [3.8, 4) is 5.75 Å². The van der Waals surface area contributed by atoms with Gasteiger partial charge in [-0.15, -0.1) is 0 Å². The van der Waals surface area contributed by atoms with E-state index in [1.165, 1.54) is 0 Å². The molecule has 0 atom stereocenters. The van der Waals surface area contributed by atoms with Crippen LogP contribution in [0.2, 0.25) is 0 Å². The van der Waals surface area contributed by atoms with E-state index in [0.717, 1.165) is 11.3 Å². The summed E-state index contributed by atoms with van der Waals surface area (Å²) in [5.74, 6) is -0.745. The normalized spacial score (nSPS) is 9.95. The maximum atomic E-state index is 11.2. The van der Waals surface area contributed by atoms with Crippen LogP contribution in [0.25, 0.3) is 0 Å². The van der Waals surface area contributed by atoms with E-state index in [4.69, 9.17) is 9.84 Å². The minimum absolute atomic E-state index is 0.214. The van der Waals surface area contributed by atoms with E-state index in [9.17, 15) is 9.59 Å². The largest absolute Gasteiger partial charge is 0.494 e. The maximum Gasteiger partial charge on any atom is 0.332 e. The van der Waals surface area contributed by atoms with Crippen molar-refractivity contribution in [3.63, 3.8) is 0 Å². The van der Waals surface area contributed by atoms with Gasteiger partial charge in [-0.3, -0.25) is 9.63 Å². The number of nitrogens with one attached hydrogen (secondary N) is 1. The summed E-state index contributed by atoms with van der Waals surface area (Å²) in [5.41, 5.74) is 3.20. The topological polar surface area (TPSA) is 84.9 Å². The molecule has 0 saturated heterocycles. The van der Waals surface area contributed by atoms with Crippen LogP contribution in [-0.4, -0.2) is 30.2 Å². The maximum absolute atomic E-state index is 11.2. The Labute approximate surface area is 111 Å². The molecule has 1 rings (SSSR count). The Morgan fingerprint density at radius 1 is 1.26 bits per heavy atom. The summed E-state index contributed by atoms with van der Waals surface area (Å²) in [6.45, 7) is 1.85. The van der Waals surface area contributed by atoms with Crippen LogP contribution in [0.5, 0.6) is 5.75 Å². The van der Waals surface area contributed by atoms with E-state index in [-0.39, 0.29) is 12.3 Å². The van der Waals surface area contributed by atoms with Crippen LogP contribution in [-0.2, 0) is 14.4 Å². The SMILES string of the molecule is Cc1ccc(OCCCC(=O)NOCC(=O)O)cc1. The lowest BCUT2D eigenvalue weighted by atomic mass is 10.2. The molecule has 104 valence electrons. The molecule has 0 bridgehead atoms. The highest BCUT2D eigenvalue weighted by Gasteiger charge is 2.03. The molecule has 19 heavy (non-hydrogen) atoms. The molecule has 6 heteroatoms. The number of hydrogen-bond acceptors (Lipinski definition) is 4. The highest BCUT2D eigenvalue weighted by Crippen LogP contribution is 2.11. The van der Waals surface area contributed by atoms with Crippen molar-refractivity contribution < 1.29 is 24.3 Å². The fourth-order valence-electron chi connectivity index (χ4n) is 1.29. The predicted octanol–water partition coefficient (Wildman–Crippen LogP) is 1.29. The van der Waals surface area contributed by atoms with E-state index in [2.05, 4.69) is 4.84 Å². The van der Waals surface area contributed by atoms with Gasteiger partial charge in [-0.2, -0.15) is 0 Å². The smallest absolute Gasteiger partial charge is 0.332 e. The van der Waals surface area contributed by atoms with Gasteiger partial charge in [0.25, 0.3) is 0 Å². The van der Waals surface area contributed by atoms with E-state index in [1.54, 1.807) is 0 Å². The van der Waals surface area contributed by atoms with Crippen LogP contribution in [0.1, 0.15) is 18.4 Å². The van der Waals surface area contributed by atoms with Gasteiger partial charge in [0.05, 0.1) is 6.61 Å². The average Bonchev–Trinajstić information content (AvgIpc) is 2.36. The van der Waals surface area contributed by atoms with Crippen molar-refractivity contribution in [3.05, 3.63) is 29.8 Å². The first-order valence-electron chi connectivity index (χ1n) is 5.90. The van der Waals surface area contributed by atoms with Crippen LogP contribution in [0.15, 0.2) is 24.3 Å². The molecule has 0 unspecified atom stereocenters. The van der Waals surface area contributed by atoms with E-state index in [1.807, 2.05) is 36.7 Å². The van der Waals surface area contributed by atoms with Crippen molar-refractivity contribution in [2.45, 2.75) is 19.8 Å². The van der Waals surface area contributed by atoms with Crippen LogP contribution in [0.3, 0.4) is 0 Å². The molecular weight excluding hydrogens is 250 g/mol. The van der Waals surface area contributed by atoms with E-state index < -0.39 is 12.6 Å². The Bertz CT molecular complexity index is 416. The zero-order chi connectivity index (χ0) is 14.1. The number of benzene rings is 1. The van der Waals surface area contributed by atoms with Crippen molar-refractivity contribution >= 4 is 11.9 Å². The summed E-state index contributed by atoms with van der Waals surface area (Å²) in [5, 5.41) is 8.29. The first-order valence-corrected chi connectivity index (χ1v) is 5.90. The van der Waals surface area contributed by atoms with E-state index in [0.29, 0.717) is 13.0 Å². The molecule has 6 nitrogen and oxygen atoms in total. The number of hydroxylamine groups is 1. The van der Waals surface area contributed by atoms with Gasteiger partial charge in [-0.25, -0.2) is 10.3 Å². The van der Waals surface area contributed by atoms with Gasteiger partial charge in [0.15, 0.2) is 6.61 Å². The zero-order valence-electron chi connectivity index (χ0n) is 10.7. The van der Waals surface area contributed by atoms with Gasteiger partial charge in [0.2, 0.25) is 5.91 Å². The number of amides is 1. The van der Waals surface area contributed by atoms with Crippen LogP contribution < -0.4 is 10.2 Å². The molecule has 0 aliphatic rings. The monoisotopic (exact) mass is 267 g/mol. The van der Waals surface area contributed by atoms with Crippen molar-refractivity contribution in [2.24, 2.45) is 0 Å². The van der Waals surface area contributed by atoms with Crippen LogP contribution in [0, 0.1) is 6.92 Å². The summed E-state index contributed by atoms with van der Waals surface area (Å²) in [7, 11) is 0. The molecule has 0 radical (unpaired) electrons. The number of carbonyl (C=O) groups excluding carboxylic acids is 1. The zero-order valence-corrected chi connectivity index (χ0v) is 10.7. The summed E-state index contributed by atoms with van der Waals surface area (Å²) in [6, 6.07) is 7.63. The van der Waals surface area contributed by atoms with Gasteiger partial charge in [-0.1, -0.05) is 17.7 Å². The van der Waals surface area contributed by atoms with Crippen LogP contribution in [0.4, 0.5) is 0 Å². The molecule has 0 heterocycles. The second-order valence-electron chi connectivity index (χ2n) is 3.97. The number of carboxylic acid groups (broad SMARTS) is 1. The molecule has 0 aliphatic heterocycles. The number of rotatable bonds is 8.